The lowest BCUT2D eigenvalue weighted by atomic mass is 10.1. The maximum absolute atomic E-state index is 5.24. The Balaban J connectivity index is 3.58. The van der Waals surface area contributed by atoms with Crippen molar-refractivity contribution in [2.45, 2.75) is 65.0 Å². The highest BCUT2D eigenvalue weighted by Crippen LogP contribution is 2.05. The Hall–Kier alpha value is -0.350. The second kappa shape index (κ2) is 10.8. The summed E-state index contributed by atoms with van der Waals surface area (Å²) in [6.07, 6.45) is 6.40. The van der Waals surface area contributed by atoms with Crippen molar-refractivity contribution in [1.82, 2.24) is 10.6 Å². The molecule has 0 heterocycles. The fourth-order valence-corrected chi connectivity index (χ4v) is 2.13. The summed E-state index contributed by atoms with van der Waals surface area (Å²) in [5, 5.41) is 7.25. The van der Waals surface area contributed by atoms with Crippen molar-refractivity contribution in [1.29, 1.82) is 0 Å². The third kappa shape index (κ3) is 10.5. The summed E-state index contributed by atoms with van der Waals surface area (Å²) in [6.45, 7) is 7.15. The number of hydrogen-bond acceptors (Lipinski definition) is 2. The van der Waals surface area contributed by atoms with Gasteiger partial charge in [0.25, 0.3) is 0 Å². The van der Waals surface area contributed by atoms with Crippen molar-refractivity contribution in [3.05, 3.63) is 0 Å². The van der Waals surface area contributed by atoms with Crippen LogP contribution in [0.1, 0.15) is 52.9 Å². The second-order valence-electron chi connectivity index (χ2n) is 4.72. The minimum atomic E-state index is 0.257. The third-order valence-electron chi connectivity index (χ3n) is 2.66. The van der Waals surface area contributed by atoms with Gasteiger partial charge in [0.2, 0.25) is 0 Å². The molecule has 0 aliphatic heterocycles. The van der Waals surface area contributed by atoms with Gasteiger partial charge in [-0.2, -0.15) is 0 Å². The zero-order valence-electron chi connectivity index (χ0n) is 11.7. The minimum Gasteiger partial charge on any atom is -0.383 e. The summed E-state index contributed by atoms with van der Waals surface area (Å²) < 4.78 is 5.05. The average Bonchev–Trinajstić information content (AvgIpc) is 2.24. The zero-order chi connectivity index (χ0) is 13.1. The molecule has 0 aliphatic carbocycles. The number of rotatable bonds is 9. The van der Waals surface area contributed by atoms with E-state index in [0.717, 1.165) is 5.11 Å². The first kappa shape index (κ1) is 16.6. The van der Waals surface area contributed by atoms with Crippen LogP contribution in [-0.4, -0.2) is 30.9 Å². The highest BCUT2D eigenvalue weighted by molar-refractivity contribution is 7.80. The van der Waals surface area contributed by atoms with Crippen LogP contribution in [0.25, 0.3) is 0 Å². The maximum Gasteiger partial charge on any atom is 0.166 e. The number of methoxy groups -OCH3 is 1. The number of unbranched alkanes of at least 4 members (excludes halogenated alkanes) is 3. The SMILES string of the molecule is CCCCCCC(C)NC(=S)NC(C)COC. The predicted octanol–water partition coefficient (Wildman–Crippen LogP) is 2.84. The Kier molecular flexibility index (Phi) is 10.6. The molecule has 0 aromatic carbocycles. The average molecular weight is 260 g/mol. The van der Waals surface area contributed by atoms with Crippen LogP contribution >= 0.6 is 12.2 Å². The largest absolute Gasteiger partial charge is 0.383 e. The van der Waals surface area contributed by atoms with Gasteiger partial charge >= 0.3 is 0 Å². The van der Waals surface area contributed by atoms with E-state index in [-0.39, 0.29) is 6.04 Å². The molecule has 0 spiro atoms. The molecular weight excluding hydrogens is 232 g/mol. The van der Waals surface area contributed by atoms with E-state index >= 15 is 0 Å². The van der Waals surface area contributed by atoms with Crippen LogP contribution in [0, 0.1) is 0 Å². The van der Waals surface area contributed by atoms with Gasteiger partial charge in [-0.05, 0) is 32.5 Å². The van der Waals surface area contributed by atoms with Gasteiger partial charge in [-0.15, -0.1) is 0 Å². The molecule has 2 atom stereocenters. The summed E-state index contributed by atoms with van der Waals surface area (Å²) in [5.41, 5.74) is 0. The third-order valence-corrected chi connectivity index (χ3v) is 2.90. The molecule has 0 saturated carbocycles. The lowest BCUT2D eigenvalue weighted by molar-refractivity contribution is 0.179. The van der Waals surface area contributed by atoms with Gasteiger partial charge in [0.1, 0.15) is 0 Å². The highest BCUT2D eigenvalue weighted by Gasteiger charge is 2.06. The molecule has 4 heteroatoms. The van der Waals surface area contributed by atoms with E-state index in [4.69, 9.17) is 17.0 Å². The standard InChI is InChI=1S/C13H28N2OS/c1-5-6-7-8-9-11(2)14-13(17)15-12(3)10-16-4/h11-12H,5-10H2,1-4H3,(H2,14,15,17). The monoisotopic (exact) mass is 260 g/mol. The first-order valence-corrected chi connectivity index (χ1v) is 7.06. The first-order valence-electron chi connectivity index (χ1n) is 6.66. The zero-order valence-corrected chi connectivity index (χ0v) is 12.5. The number of hydrogen-bond donors (Lipinski definition) is 2. The quantitative estimate of drug-likeness (QED) is 0.493. The van der Waals surface area contributed by atoms with Crippen LogP contribution in [0.2, 0.25) is 0 Å². The van der Waals surface area contributed by atoms with E-state index < -0.39 is 0 Å². The van der Waals surface area contributed by atoms with Gasteiger partial charge in [0, 0.05) is 19.2 Å². The van der Waals surface area contributed by atoms with Gasteiger partial charge in [-0.1, -0.05) is 32.6 Å². The summed E-state index contributed by atoms with van der Waals surface area (Å²) in [5.74, 6) is 0. The molecule has 0 rings (SSSR count). The van der Waals surface area contributed by atoms with Crippen LogP contribution in [0.15, 0.2) is 0 Å². The second-order valence-corrected chi connectivity index (χ2v) is 5.13. The van der Waals surface area contributed by atoms with Gasteiger partial charge in [-0.25, -0.2) is 0 Å². The topological polar surface area (TPSA) is 33.3 Å². The smallest absolute Gasteiger partial charge is 0.166 e. The van der Waals surface area contributed by atoms with Gasteiger partial charge in [0.05, 0.1) is 6.61 Å². The van der Waals surface area contributed by atoms with Gasteiger partial charge in [0.15, 0.2) is 5.11 Å². The van der Waals surface area contributed by atoms with Crippen molar-refractivity contribution in [3.8, 4) is 0 Å². The highest BCUT2D eigenvalue weighted by atomic mass is 32.1. The summed E-state index contributed by atoms with van der Waals surface area (Å²) in [7, 11) is 1.70. The molecule has 0 saturated heterocycles. The van der Waals surface area contributed by atoms with Gasteiger partial charge in [-0.3, -0.25) is 0 Å². The molecule has 0 aliphatic rings. The molecular formula is C13H28N2OS. The summed E-state index contributed by atoms with van der Waals surface area (Å²) in [4.78, 5) is 0. The summed E-state index contributed by atoms with van der Waals surface area (Å²) >= 11 is 5.24. The molecule has 2 unspecified atom stereocenters. The lowest BCUT2D eigenvalue weighted by Crippen LogP contribution is -2.45. The number of ether oxygens (including phenoxy) is 1. The molecule has 0 fully saturated rings. The van der Waals surface area contributed by atoms with E-state index in [9.17, 15) is 0 Å². The van der Waals surface area contributed by atoms with Crippen LogP contribution in [0.5, 0.6) is 0 Å². The van der Waals surface area contributed by atoms with Gasteiger partial charge < -0.3 is 15.4 Å². The molecule has 0 aromatic heterocycles. The molecule has 3 nitrogen and oxygen atoms in total. The Bertz CT molecular complexity index is 200. The van der Waals surface area contributed by atoms with Crippen LogP contribution in [0.4, 0.5) is 0 Å². The van der Waals surface area contributed by atoms with E-state index in [1.54, 1.807) is 7.11 Å². The summed E-state index contributed by atoms with van der Waals surface area (Å²) in [6, 6.07) is 0.703. The maximum atomic E-state index is 5.24. The van der Waals surface area contributed by atoms with Crippen molar-refractivity contribution in [3.63, 3.8) is 0 Å². The van der Waals surface area contributed by atoms with E-state index in [2.05, 4.69) is 31.4 Å². The van der Waals surface area contributed by atoms with E-state index in [0.29, 0.717) is 12.6 Å². The number of nitrogens with one attached hydrogen (secondary N) is 2. The van der Waals surface area contributed by atoms with Crippen molar-refractivity contribution in [2.75, 3.05) is 13.7 Å². The Morgan fingerprint density at radius 2 is 1.76 bits per heavy atom. The lowest BCUT2D eigenvalue weighted by Gasteiger charge is -2.20. The normalized spacial score (nSPS) is 14.1. The Morgan fingerprint density at radius 1 is 1.12 bits per heavy atom. The van der Waals surface area contributed by atoms with Crippen LogP contribution in [-0.2, 0) is 4.74 Å². The Labute approximate surface area is 112 Å². The molecule has 0 aromatic rings. The van der Waals surface area contributed by atoms with Crippen molar-refractivity contribution in [2.24, 2.45) is 0 Å². The first-order chi connectivity index (χ1) is 8.10. The van der Waals surface area contributed by atoms with Crippen molar-refractivity contribution < 1.29 is 4.74 Å². The van der Waals surface area contributed by atoms with Crippen LogP contribution < -0.4 is 10.6 Å². The van der Waals surface area contributed by atoms with E-state index in [1.165, 1.54) is 32.1 Å². The number of thiocarbonyl (C=S) groups is 1. The fourth-order valence-electron chi connectivity index (χ4n) is 1.73. The molecule has 0 radical (unpaired) electrons. The van der Waals surface area contributed by atoms with E-state index in [1.807, 2.05) is 0 Å². The van der Waals surface area contributed by atoms with Crippen LogP contribution in [0.3, 0.4) is 0 Å². The molecule has 0 amide bonds. The fraction of sp³-hybridized carbons (Fsp3) is 0.923. The molecule has 2 N–H and O–H groups in total. The molecule has 17 heavy (non-hydrogen) atoms. The molecule has 102 valence electrons. The molecule has 0 bridgehead atoms. The minimum absolute atomic E-state index is 0.257. The van der Waals surface area contributed by atoms with Crippen molar-refractivity contribution >= 4 is 17.3 Å². The predicted molar refractivity (Wildman–Crippen MR) is 78.4 cm³/mol. The Morgan fingerprint density at radius 3 is 2.35 bits per heavy atom.